The van der Waals surface area contributed by atoms with E-state index < -0.39 is 18.0 Å². The lowest BCUT2D eigenvalue weighted by Crippen LogP contribution is -2.30. The molecule has 34 heavy (non-hydrogen) atoms. The minimum absolute atomic E-state index is 0.0112. The molecule has 8 heteroatoms. The molecule has 0 aliphatic carbocycles. The van der Waals surface area contributed by atoms with E-state index in [-0.39, 0.29) is 23.9 Å². The first-order chi connectivity index (χ1) is 16.4. The molecular weight excluding hydrogens is 436 g/mol. The van der Waals surface area contributed by atoms with Crippen molar-refractivity contribution in [3.8, 4) is 5.75 Å². The van der Waals surface area contributed by atoms with E-state index in [4.69, 9.17) is 9.47 Å². The van der Waals surface area contributed by atoms with Crippen LogP contribution in [0.3, 0.4) is 0 Å². The number of amides is 3. The first-order valence-corrected chi connectivity index (χ1v) is 10.6. The fraction of sp³-hybridized carbons (Fsp3) is 0.154. The highest BCUT2D eigenvalue weighted by molar-refractivity contribution is 6.21. The van der Waals surface area contributed by atoms with Gasteiger partial charge in [0.25, 0.3) is 17.7 Å². The number of carbonyl (C=O) groups is 4. The van der Waals surface area contributed by atoms with Gasteiger partial charge in [-0.1, -0.05) is 36.4 Å². The standard InChI is InChI=1S/C26H22N2O6/c1-16(23(29)27-21-12-5-6-13-22(21)33-2)34-26(32)18-9-7-8-17(14-18)15-28-24(30)19-10-3-4-11-20(19)25(28)31/h3-14,16H,15H2,1-2H3,(H,27,29)/t16-/m0/s1. The Kier molecular flexibility index (Phi) is 6.40. The normalized spacial score (nSPS) is 13.3. The molecule has 0 unspecified atom stereocenters. The Balaban J connectivity index is 1.41. The fourth-order valence-corrected chi connectivity index (χ4v) is 3.63. The average Bonchev–Trinajstić information content (AvgIpc) is 3.09. The van der Waals surface area contributed by atoms with Gasteiger partial charge in [-0.25, -0.2) is 4.79 Å². The van der Waals surface area contributed by atoms with Crippen molar-refractivity contribution in [2.45, 2.75) is 19.6 Å². The third kappa shape index (κ3) is 4.52. The van der Waals surface area contributed by atoms with Gasteiger partial charge in [0.05, 0.1) is 36.0 Å². The third-order valence-electron chi connectivity index (χ3n) is 5.40. The Bertz CT molecular complexity index is 1250. The molecule has 1 aliphatic heterocycles. The zero-order chi connectivity index (χ0) is 24.2. The average molecular weight is 458 g/mol. The highest BCUT2D eigenvalue weighted by atomic mass is 16.5. The maximum absolute atomic E-state index is 12.7. The minimum Gasteiger partial charge on any atom is -0.495 e. The van der Waals surface area contributed by atoms with Crippen molar-refractivity contribution in [1.82, 2.24) is 4.90 Å². The number of fused-ring (bicyclic) bond motifs is 1. The Labute approximate surface area is 196 Å². The van der Waals surface area contributed by atoms with Crippen LogP contribution in [0.15, 0.2) is 72.8 Å². The molecule has 1 atom stereocenters. The van der Waals surface area contributed by atoms with Gasteiger partial charge >= 0.3 is 5.97 Å². The Hall–Kier alpha value is -4.46. The molecule has 3 aromatic carbocycles. The molecule has 3 aromatic rings. The summed E-state index contributed by atoms with van der Waals surface area (Å²) >= 11 is 0. The summed E-state index contributed by atoms with van der Waals surface area (Å²) < 4.78 is 10.5. The summed E-state index contributed by atoms with van der Waals surface area (Å²) in [4.78, 5) is 51.5. The molecule has 0 fully saturated rings. The monoisotopic (exact) mass is 458 g/mol. The predicted octanol–water partition coefficient (Wildman–Crippen LogP) is 3.68. The van der Waals surface area contributed by atoms with Crippen LogP contribution in [0.2, 0.25) is 0 Å². The van der Waals surface area contributed by atoms with Crippen LogP contribution in [-0.4, -0.2) is 41.8 Å². The Morgan fingerprint density at radius 3 is 2.24 bits per heavy atom. The number of methoxy groups -OCH3 is 1. The summed E-state index contributed by atoms with van der Waals surface area (Å²) in [5, 5.41) is 2.67. The van der Waals surface area contributed by atoms with Gasteiger partial charge in [0.2, 0.25) is 0 Å². The van der Waals surface area contributed by atoms with Gasteiger partial charge in [-0.2, -0.15) is 0 Å². The topological polar surface area (TPSA) is 102 Å². The molecule has 0 bridgehead atoms. The van der Waals surface area contributed by atoms with Crippen LogP contribution in [0.1, 0.15) is 43.6 Å². The zero-order valence-corrected chi connectivity index (χ0v) is 18.6. The molecule has 0 saturated heterocycles. The van der Waals surface area contributed by atoms with Crippen molar-refractivity contribution >= 4 is 29.4 Å². The summed E-state index contributed by atoms with van der Waals surface area (Å²) in [5.74, 6) is -1.49. The molecule has 1 heterocycles. The van der Waals surface area contributed by atoms with E-state index in [1.54, 1.807) is 66.7 Å². The van der Waals surface area contributed by atoms with Gasteiger partial charge in [-0.15, -0.1) is 0 Å². The number of nitrogens with one attached hydrogen (secondary N) is 1. The van der Waals surface area contributed by atoms with Crippen molar-refractivity contribution in [3.05, 3.63) is 95.1 Å². The Morgan fingerprint density at radius 1 is 0.912 bits per heavy atom. The van der Waals surface area contributed by atoms with Gasteiger partial charge in [-0.05, 0) is 48.9 Å². The molecule has 0 aromatic heterocycles. The maximum Gasteiger partial charge on any atom is 0.338 e. The van der Waals surface area contributed by atoms with Crippen molar-refractivity contribution in [3.63, 3.8) is 0 Å². The SMILES string of the molecule is COc1ccccc1NC(=O)[C@H](C)OC(=O)c1cccc(CN2C(=O)c3ccccc3C2=O)c1. The summed E-state index contributed by atoms with van der Waals surface area (Å²) in [6, 6.07) is 19.9. The number of nitrogens with zero attached hydrogens (tertiary/aromatic N) is 1. The van der Waals surface area contributed by atoms with E-state index in [0.29, 0.717) is 28.1 Å². The highest BCUT2D eigenvalue weighted by Crippen LogP contribution is 2.25. The lowest BCUT2D eigenvalue weighted by molar-refractivity contribution is -0.123. The third-order valence-corrected chi connectivity index (χ3v) is 5.40. The first kappa shape index (κ1) is 22.7. The van der Waals surface area contributed by atoms with E-state index in [2.05, 4.69) is 5.32 Å². The molecule has 8 nitrogen and oxygen atoms in total. The number of hydrogen-bond acceptors (Lipinski definition) is 6. The zero-order valence-electron chi connectivity index (χ0n) is 18.6. The lowest BCUT2D eigenvalue weighted by Gasteiger charge is -2.16. The summed E-state index contributed by atoms with van der Waals surface area (Å²) in [6.07, 6.45) is -1.07. The second-order valence-corrected chi connectivity index (χ2v) is 7.68. The van der Waals surface area contributed by atoms with E-state index in [0.717, 1.165) is 4.90 Å². The number of ether oxygens (including phenoxy) is 2. The maximum atomic E-state index is 12.7. The first-order valence-electron chi connectivity index (χ1n) is 10.6. The number of benzene rings is 3. The number of para-hydroxylation sites is 2. The van der Waals surface area contributed by atoms with Crippen LogP contribution in [0.5, 0.6) is 5.75 Å². The van der Waals surface area contributed by atoms with Crippen LogP contribution < -0.4 is 10.1 Å². The van der Waals surface area contributed by atoms with E-state index in [1.165, 1.54) is 20.1 Å². The molecule has 0 spiro atoms. The summed E-state index contributed by atoms with van der Waals surface area (Å²) in [5.41, 5.74) is 1.96. The van der Waals surface area contributed by atoms with Gasteiger partial charge in [0.1, 0.15) is 5.75 Å². The second kappa shape index (κ2) is 9.58. The van der Waals surface area contributed by atoms with Crippen molar-refractivity contribution in [1.29, 1.82) is 0 Å². The van der Waals surface area contributed by atoms with E-state index in [1.807, 2.05) is 0 Å². The van der Waals surface area contributed by atoms with Crippen LogP contribution in [0, 0.1) is 0 Å². The highest BCUT2D eigenvalue weighted by Gasteiger charge is 2.35. The number of anilines is 1. The number of esters is 1. The molecular formula is C26H22N2O6. The Morgan fingerprint density at radius 2 is 1.56 bits per heavy atom. The molecule has 1 aliphatic rings. The summed E-state index contributed by atoms with van der Waals surface area (Å²) in [6.45, 7) is 1.47. The van der Waals surface area contributed by atoms with Crippen molar-refractivity contribution in [2.24, 2.45) is 0 Å². The largest absolute Gasteiger partial charge is 0.495 e. The number of carbonyl (C=O) groups excluding carboxylic acids is 4. The van der Waals surface area contributed by atoms with Gasteiger partial charge in [0.15, 0.2) is 6.10 Å². The smallest absolute Gasteiger partial charge is 0.338 e. The van der Waals surface area contributed by atoms with Crippen molar-refractivity contribution in [2.75, 3.05) is 12.4 Å². The summed E-state index contributed by atoms with van der Waals surface area (Å²) in [7, 11) is 1.49. The van der Waals surface area contributed by atoms with Crippen LogP contribution >= 0.6 is 0 Å². The van der Waals surface area contributed by atoms with Gasteiger partial charge < -0.3 is 14.8 Å². The van der Waals surface area contributed by atoms with E-state index >= 15 is 0 Å². The fourth-order valence-electron chi connectivity index (χ4n) is 3.63. The molecule has 1 N–H and O–H groups in total. The molecule has 0 radical (unpaired) electrons. The van der Waals surface area contributed by atoms with Gasteiger partial charge in [-0.3, -0.25) is 19.3 Å². The minimum atomic E-state index is -1.07. The van der Waals surface area contributed by atoms with Crippen LogP contribution in [0.25, 0.3) is 0 Å². The van der Waals surface area contributed by atoms with Crippen LogP contribution in [-0.2, 0) is 16.1 Å². The molecule has 0 saturated carbocycles. The van der Waals surface area contributed by atoms with Crippen LogP contribution in [0.4, 0.5) is 5.69 Å². The quantitative estimate of drug-likeness (QED) is 0.428. The van der Waals surface area contributed by atoms with E-state index in [9.17, 15) is 19.2 Å². The predicted molar refractivity (Wildman–Crippen MR) is 124 cm³/mol. The molecule has 3 amide bonds. The van der Waals surface area contributed by atoms with Gasteiger partial charge in [0, 0.05) is 0 Å². The number of rotatable bonds is 7. The second-order valence-electron chi connectivity index (χ2n) is 7.68. The molecule has 172 valence electrons. The molecule has 4 rings (SSSR count). The number of imide groups is 1. The van der Waals surface area contributed by atoms with Crippen molar-refractivity contribution < 1.29 is 28.7 Å². The number of hydrogen-bond donors (Lipinski definition) is 1. The lowest BCUT2D eigenvalue weighted by atomic mass is 10.1.